The fourth-order valence-electron chi connectivity index (χ4n) is 6.13. The van der Waals surface area contributed by atoms with Crippen LogP contribution in [0.2, 0.25) is 0 Å². The first-order valence-electron chi connectivity index (χ1n) is 21.0. The van der Waals surface area contributed by atoms with E-state index in [9.17, 15) is 24.5 Å². The molecule has 10 heteroatoms. The van der Waals surface area contributed by atoms with E-state index >= 15 is 0 Å². The van der Waals surface area contributed by atoms with Crippen LogP contribution in [-0.2, 0) is 18.4 Å². The second kappa shape index (κ2) is 37.3. The van der Waals surface area contributed by atoms with Gasteiger partial charge in [0.15, 0.2) is 0 Å². The smallest absolute Gasteiger partial charge is 0.393 e. The van der Waals surface area contributed by atoms with Gasteiger partial charge in [0.1, 0.15) is 0 Å². The monoisotopic (exact) mass is 745 g/mol. The summed E-state index contributed by atoms with van der Waals surface area (Å²) in [6, 6.07) is -0.994. The average molecular weight is 745 g/mol. The lowest BCUT2D eigenvalue weighted by Crippen LogP contribution is -2.46. The number of aliphatic hydroxyl groups excluding tert-OH is 2. The van der Waals surface area contributed by atoms with Crippen molar-refractivity contribution in [1.29, 1.82) is 0 Å². The minimum Gasteiger partial charge on any atom is -0.393 e. The fraction of sp³-hybridized carbons (Fsp3) is 0.878. The van der Waals surface area contributed by atoms with E-state index in [0.29, 0.717) is 12.8 Å². The molecule has 4 unspecified atom stereocenters. The van der Waals surface area contributed by atoms with E-state index in [-0.39, 0.29) is 19.6 Å². The van der Waals surface area contributed by atoms with Crippen LogP contribution in [0, 0.1) is 0 Å². The molecular weight excluding hydrogens is 663 g/mol. The van der Waals surface area contributed by atoms with Gasteiger partial charge in [0, 0.05) is 6.54 Å². The molecule has 0 aromatic carbocycles. The van der Waals surface area contributed by atoms with Crippen LogP contribution in [0.4, 0.5) is 0 Å². The largest absolute Gasteiger partial charge is 0.472 e. The molecule has 0 bridgehead atoms. The summed E-state index contributed by atoms with van der Waals surface area (Å²) < 4.78 is 22.0. The third-order valence-electron chi connectivity index (χ3n) is 9.33. The molecule has 1 amide bonds. The van der Waals surface area contributed by atoms with Crippen molar-refractivity contribution in [3.8, 4) is 0 Å². The van der Waals surface area contributed by atoms with Crippen LogP contribution >= 0.6 is 7.82 Å². The van der Waals surface area contributed by atoms with Crippen molar-refractivity contribution < 1.29 is 33.5 Å². The number of aliphatic hydroxyl groups is 2. The van der Waals surface area contributed by atoms with Gasteiger partial charge in [0.2, 0.25) is 5.91 Å². The number of carbonyl (C=O) groups excluding carboxylic acids is 1. The van der Waals surface area contributed by atoms with Crippen molar-refractivity contribution in [2.24, 2.45) is 5.73 Å². The van der Waals surface area contributed by atoms with E-state index in [1.807, 2.05) is 6.08 Å². The number of hydrogen-bond donors (Lipinski definition) is 5. The highest BCUT2D eigenvalue weighted by molar-refractivity contribution is 7.47. The molecule has 0 radical (unpaired) electrons. The number of rotatable bonds is 39. The number of phosphoric ester groups is 1. The van der Waals surface area contributed by atoms with Crippen LogP contribution in [0.25, 0.3) is 0 Å². The molecule has 0 saturated heterocycles. The summed E-state index contributed by atoms with van der Waals surface area (Å²) >= 11 is 0. The summed E-state index contributed by atoms with van der Waals surface area (Å²) in [6.07, 6.45) is 38.5. The van der Waals surface area contributed by atoms with Crippen LogP contribution in [-0.4, -0.2) is 59.0 Å². The van der Waals surface area contributed by atoms with Gasteiger partial charge in [-0.15, -0.1) is 0 Å². The molecule has 0 rings (SSSR count). The van der Waals surface area contributed by atoms with E-state index in [1.54, 1.807) is 6.08 Å². The highest BCUT2D eigenvalue weighted by Gasteiger charge is 2.27. The summed E-state index contributed by atoms with van der Waals surface area (Å²) in [5, 5.41) is 23.9. The molecule has 0 aliphatic heterocycles. The maximum absolute atomic E-state index is 12.7. The highest BCUT2D eigenvalue weighted by atomic mass is 31.2. The number of amides is 1. The van der Waals surface area contributed by atoms with Crippen molar-refractivity contribution >= 4 is 13.7 Å². The number of nitrogens with two attached hydrogens (primary N) is 1. The fourth-order valence-corrected chi connectivity index (χ4v) is 6.89. The lowest BCUT2D eigenvalue weighted by molar-refractivity contribution is -0.124. The van der Waals surface area contributed by atoms with E-state index in [1.165, 1.54) is 128 Å². The lowest BCUT2D eigenvalue weighted by Gasteiger charge is -2.24. The molecular formula is C41H81N2O7P. The zero-order chi connectivity index (χ0) is 37.7. The number of carbonyl (C=O) groups is 1. The van der Waals surface area contributed by atoms with Gasteiger partial charge in [0.05, 0.1) is 37.9 Å². The third-order valence-corrected chi connectivity index (χ3v) is 10.3. The van der Waals surface area contributed by atoms with Crippen LogP contribution < -0.4 is 11.1 Å². The highest BCUT2D eigenvalue weighted by Crippen LogP contribution is 2.43. The molecule has 0 aromatic rings. The maximum atomic E-state index is 12.7. The zero-order valence-corrected chi connectivity index (χ0v) is 33.9. The minimum absolute atomic E-state index is 0.0458. The van der Waals surface area contributed by atoms with Crippen molar-refractivity contribution in [2.45, 2.75) is 212 Å². The summed E-state index contributed by atoms with van der Waals surface area (Å²) in [4.78, 5) is 22.6. The Labute approximate surface area is 313 Å². The SMILES string of the molecule is CCCCCCCCCCCCCCCC/C=C/CC/C=C/C(O)C(COP(=O)(O)OCCN)NC(=O)CC(O)CCCCCCCCCCC. The van der Waals surface area contributed by atoms with Crippen LogP contribution in [0.5, 0.6) is 0 Å². The summed E-state index contributed by atoms with van der Waals surface area (Å²) in [5.74, 6) is -0.457. The molecule has 4 atom stereocenters. The quantitative estimate of drug-likeness (QED) is 0.0237. The Hall–Kier alpha value is -1.06. The van der Waals surface area contributed by atoms with Gasteiger partial charge >= 0.3 is 7.82 Å². The molecule has 0 saturated carbocycles. The standard InChI is InChI=1S/C41H81N2O7P/c1-3-5-7-9-11-13-14-15-16-17-18-19-20-21-22-23-25-27-29-31-33-40(45)39(37-50-51(47,48)49-35-34-42)43-41(46)36-38(44)32-30-28-26-24-12-10-8-6-4-2/h23,25,31,33,38-40,44-45H,3-22,24,26-30,32,34-37,42H2,1-2H3,(H,43,46)(H,47,48)/b25-23+,33-31+. The second-order valence-corrected chi connectivity index (χ2v) is 15.8. The molecule has 0 aliphatic rings. The van der Waals surface area contributed by atoms with Crippen LogP contribution in [0.15, 0.2) is 24.3 Å². The van der Waals surface area contributed by atoms with Crippen molar-refractivity contribution in [1.82, 2.24) is 5.32 Å². The molecule has 0 aromatic heterocycles. The average Bonchev–Trinajstić information content (AvgIpc) is 3.10. The van der Waals surface area contributed by atoms with Gasteiger partial charge in [-0.25, -0.2) is 4.57 Å². The predicted molar refractivity (Wildman–Crippen MR) is 214 cm³/mol. The number of nitrogens with one attached hydrogen (secondary N) is 1. The Balaban J connectivity index is 4.35. The summed E-state index contributed by atoms with van der Waals surface area (Å²) in [5.41, 5.74) is 5.35. The van der Waals surface area contributed by atoms with Crippen molar-refractivity contribution in [3.05, 3.63) is 24.3 Å². The van der Waals surface area contributed by atoms with Crippen molar-refractivity contribution in [3.63, 3.8) is 0 Å². The van der Waals surface area contributed by atoms with Gasteiger partial charge in [0.25, 0.3) is 0 Å². The molecule has 6 N–H and O–H groups in total. The first kappa shape index (κ1) is 49.9. The molecule has 9 nitrogen and oxygen atoms in total. The van der Waals surface area contributed by atoms with Crippen molar-refractivity contribution in [2.75, 3.05) is 19.8 Å². The lowest BCUT2D eigenvalue weighted by atomic mass is 10.0. The summed E-state index contributed by atoms with van der Waals surface area (Å²) in [6.45, 7) is 3.93. The molecule has 0 spiro atoms. The van der Waals surface area contributed by atoms with Crippen LogP contribution in [0.3, 0.4) is 0 Å². The Morgan fingerprint density at radius 3 is 1.63 bits per heavy atom. The molecule has 0 fully saturated rings. The normalized spacial score (nSPS) is 15.0. The summed E-state index contributed by atoms with van der Waals surface area (Å²) in [7, 11) is -4.40. The molecule has 0 heterocycles. The van der Waals surface area contributed by atoms with Gasteiger partial charge in [-0.3, -0.25) is 13.8 Å². The minimum atomic E-state index is -4.40. The Kier molecular flexibility index (Phi) is 36.5. The molecule has 0 aliphatic carbocycles. The predicted octanol–water partition coefficient (Wildman–Crippen LogP) is 10.4. The van der Waals surface area contributed by atoms with Gasteiger partial charge < -0.3 is 26.2 Å². The van der Waals surface area contributed by atoms with Crippen LogP contribution in [0.1, 0.15) is 194 Å². The number of allylic oxidation sites excluding steroid dienone is 3. The number of unbranched alkanes of at least 4 members (excludes halogenated alkanes) is 23. The number of phosphoric acid groups is 1. The van der Waals surface area contributed by atoms with E-state index in [0.717, 1.165) is 32.1 Å². The second-order valence-electron chi connectivity index (χ2n) is 14.4. The van der Waals surface area contributed by atoms with E-state index in [2.05, 4.69) is 31.3 Å². The van der Waals surface area contributed by atoms with E-state index in [4.69, 9.17) is 14.8 Å². The first-order valence-corrected chi connectivity index (χ1v) is 22.5. The Morgan fingerprint density at radius 2 is 1.12 bits per heavy atom. The van der Waals surface area contributed by atoms with Gasteiger partial charge in [-0.05, 0) is 32.1 Å². The maximum Gasteiger partial charge on any atom is 0.472 e. The zero-order valence-electron chi connectivity index (χ0n) is 33.0. The number of hydrogen-bond acceptors (Lipinski definition) is 7. The topological polar surface area (TPSA) is 151 Å². The third kappa shape index (κ3) is 35.7. The van der Waals surface area contributed by atoms with Gasteiger partial charge in [-0.2, -0.15) is 0 Å². The van der Waals surface area contributed by atoms with Gasteiger partial charge in [-0.1, -0.05) is 179 Å². The Morgan fingerprint density at radius 1 is 0.667 bits per heavy atom. The Bertz CT molecular complexity index is 873. The van der Waals surface area contributed by atoms with E-state index < -0.39 is 38.6 Å². The molecule has 302 valence electrons. The molecule has 51 heavy (non-hydrogen) atoms. The first-order chi connectivity index (χ1) is 24.8.